The highest BCUT2D eigenvalue weighted by atomic mass is 32.1. The number of aryl methyl sites for hydroxylation is 1. The Labute approximate surface area is 272 Å². The number of amides is 1. The van der Waals surface area contributed by atoms with Crippen LogP contribution < -0.4 is 19.1 Å². The molecule has 5 rings (SSSR count). The number of hydrogen-bond donors (Lipinski definition) is 1. The smallest absolute Gasteiger partial charge is 0.350 e. The molecule has 0 bridgehead atoms. The number of aliphatic hydroxyl groups excluding tert-OH is 1. The number of aromatic nitrogens is 1. The minimum Gasteiger partial charge on any atom is -0.507 e. The van der Waals surface area contributed by atoms with Gasteiger partial charge < -0.3 is 24.1 Å². The van der Waals surface area contributed by atoms with E-state index in [-0.39, 0.29) is 34.1 Å². The summed E-state index contributed by atoms with van der Waals surface area (Å²) < 4.78 is 23.0. The summed E-state index contributed by atoms with van der Waals surface area (Å²) >= 11 is 0.933. The van der Waals surface area contributed by atoms with Crippen LogP contribution in [0.1, 0.15) is 72.2 Å². The second-order valence-corrected chi connectivity index (χ2v) is 12.6. The van der Waals surface area contributed by atoms with E-state index in [9.17, 15) is 19.5 Å². The molecule has 2 aliphatic heterocycles. The van der Waals surface area contributed by atoms with Crippen molar-refractivity contribution in [3.05, 3.63) is 81.9 Å². The summed E-state index contributed by atoms with van der Waals surface area (Å²) in [5.74, 6) is -0.608. The Bertz CT molecular complexity index is 1710. The molecule has 1 aromatic heterocycles. The summed E-state index contributed by atoms with van der Waals surface area (Å²) in [4.78, 5) is 46.3. The number of carbonyl (C=O) groups excluding carboxylic acids is 3. The number of ketones is 1. The van der Waals surface area contributed by atoms with Crippen molar-refractivity contribution in [3.63, 3.8) is 0 Å². The molecular weight excluding hydrogens is 608 g/mol. The van der Waals surface area contributed by atoms with Crippen LogP contribution in [-0.2, 0) is 20.7 Å². The van der Waals surface area contributed by atoms with Crippen LogP contribution in [0.3, 0.4) is 0 Å². The Morgan fingerprint density at radius 3 is 2.70 bits per heavy atom. The van der Waals surface area contributed by atoms with Gasteiger partial charge in [-0.05, 0) is 74.6 Å². The number of esters is 1. The number of thiazole rings is 1. The molecule has 46 heavy (non-hydrogen) atoms. The van der Waals surface area contributed by atoms with E-state index in [1.165, 1.54) is 11.0 Å². The molecule has 2 aliphatic rings. The van der Waals surface area contributed by atoms with Crippen LogP contribution in [0, 0.1) is 12.8 Å². The predicted octanol–water partition coefficient (Wildman–Crippen LogP) is 6.57. The zero-order chi connectivity index (χ0) is 33.1. The molecule has 0 radical (unpaired) electrons. The van der Waals surface area contributed by atoms with Crippen LogP contribution >= 0.6 is 11.3 Å². The highest BCUT2D eigenvalue weighted by Crippen LogP contribution is 2.46. The molecule has 10 nitrogen and oxygen atoms in total. The first-order valence-electron chi connectivity index (χ1n) is 15.3. The molecule has 0 aliphatic carbocycles. The number of Topliss-reactive ketones (excluding diaryl/α,β-unsaturated/α-hetero) is 1. The van der Waals surface area contributed by atoms with Crippen molar-refractivity contribution in [2.45, 2.75) is 59.6 Å². The average Bonchev–Trinajstić information content (AvgIpc) is 3.67. The third-order valence-corrected chi connectivity index (χ3v) is 8.80. The number of rotatable bonds is 12. The second kappa shape index (κ2) is 13.8. The first kappa shape index (κ1) is 32.7. The average molecular weight is 647 g/mol. The lowest BCUT2D eigenvalue weighted by atomic mass is 9.94. The number of carbonyl (C=O) groups is 3. The van der Waals surface area contributed by atoms with E-state index in [0.29, 0.717) is 59.6 Å². The van der Waals surface area contributed by atoms with Gasteiger partial charge in [0.2, 0.25) is 0 Å². The number of hydrogen-bond acceptors (Lipinski definition) is 10. The highest BCUT2D eigenvalue weighted by molar-refractivity contribution is 7.17. The summed E-state index contributed by atoms with van der Waals surface area (Å²) in [5, 5.41) is 11.8. The molecule has 3 aromatic rings. The van der Waals surface area contributed by atoms with Gasteiger partial charge in [-0.25, -0.2) is 9.78 Å². The first-order valence-corrected chi connectivity index (χ1v) is 16.1. The zero-order valence-corrected chi connectivity index (χ0v) is 27.4. The fraction of sp³-hybridized carbons (Fsp3) is 0.371. The standard InChI is InChI=1S/C35H38N2O8S/c1-7-14-44-34(41)32-21(6)36-35(46-32)37-29(22-9-12-26(27(18-22)42-8-2)43-15-13-19(3)4)28(31(39)33(37)40)30(38)23-10-11-25-24(17-23)16-20(5)45-25/h7,9-12,17-20,29,38H,1,8,13-16H2,2-6H3/t20-,29+/m1/s1. The normalized spacial score (nSPS) is 18.4. The van der Waals surface area contributed by atoms with Gasteiger partial charge in [0.25, 0.3) is 5.78 Å². The molecule has 11 heteroatoms. The third kappa shape index (κ3) is 6.50. The highest BCUT2D eigenvalue weighted by Gasteiger charge is 2.49. The molecule has 242 valence electrons. The molecule has 2 atom stereocenters. The maximum absolute atomic E-state index is 13.8. The second-order valence-electron chi connectivity index (χ2n) is 11.6. The van der Waals surface area contributed by atoms with Gasteiger partial charge in [0.15, 0.2) is 16.6 Å². The quantitative estimate of drug-likeness (QED) is 0.0765. The van der Waals surface area contributed by atoms with Crippen molar-refractivity contribution < 1.29 is 38.4 Å². The van der Waals surface area contributed by atoms with Gasteiger partial charge in [0, 0.05) is 12.0 Å². The maximum atomic E-state index is 13.8. The summed E-state index contributed by atoms with van der Waals surface area (Å²) in [5.41, 5.74) is 1.98. The molecule has 1 saturated heterocycles. The van der Waals surface area contributed by atoms with Crippen LogP contribution in [0.2, 0.25) is 0 Å². The molecule has 2 aromatic carbocycles. The third-order valence-electron chi connectivity index (χ3n) is 7.66. The Kier molecular flexibility index (Phi) is 9.81. The summed E-state index contributed by atoms with van der Waals surface area (Å²) in [7, 11) is 0. The summed E-state index contributed by atoms with van der Waals surface area (Å²) in [6.45, 7) is 14.1. The van der Waals surface area contributed by atoms with Crippen molar-refractivity contribution in [1.29, 1.82) is 0 Å². The van der Waals surface area contributed by atoms with E-state index in [0.717, 1.165) is 23.3 Å². The van der Waals surface area contributed by atoms with Crippen molar-refractivity contribution in [2.75, 3.05) is 24.7 Å². The Morgan fingerprint density at radius 1 is 1.20 bits per heavy atom. The van der Waals surface area contributed by atoms with Gasteiger partial charge in [-0.2, -0.15) is 0 Å². The Balaban J connectivity index is 1.65. The number of nitrogens with zero attached hydrogens (tertiary/aromatic N) is 2. The molecule has 0 spiro atoms. The largest absolute Gasteiger partial charge is 0.507 e. The first-order chi connectivity index (χ1) is 22.0. The van der Waals surface area contributed by atoms with Crippen molar-refractivity contribution in [3.8, 4) is 17.2 Å². The molecule has 0 unspecified atom stereocenters. The Hall–Kier alpha value is -4.64. The van der Waals surface area contributed by atoms with Gasteiger partial charge in [-0.15, -0.1) is 0 Å². The van der Waals surface area contributed by atoms with Gasteiger partial charge in [0.05, 0.1) is 30.5 Å². The maximum Gasteiger partial charge on any atom is 0.350 e. The van der Waals surface area contributed by atoms with E-state index in [1.807, 2.05) is 13.8 Å². The minimum atomic E-state index is -1.09. The van der Waals surface area contributed by atoms with E-state index < -0.39 is 23.7 Å². The minimum absolute atomic E-state index is 0.00636. The molecule has 1 N–H and O–H groups in total. The monoisotopic (exact) mass is 646 g/mol. The number of aliphatic hydroxyl groups is 1. The Morgan fingerprint density at radius 2 is 1.98 bits per heavy atom. The topological polar surface area (TPSA) is 124 Å². The zero-order valence-electron chi connectivity index (χ0n) is 26.6. The van der Waals surface area contributed by atoms with Crippen LogP contribution in [-0.4, -0.2) is 53.7 Å². The van der Waals surface area contributed by atoms with Crippen molar-refractivity contribution in [1.82, 2.24) is 4.98 Å². The number of benzene rings is 2. The summed E-state index contributed by atoms with van der Waals surface area (Å²) in [6.07, 6.45) is 2.93. The van der Waals surface area contributed by atoms with E-state index in [4.69, 9.17) is 18.9 Å². The van der Waals surface area contributed by atoms with Crippen LogP contribution in [0.15, 0.2) is 54.6 Å². The predicted molar refractivity (Wildman–Crippen MR) is 175 cm³/mol. The lowest BCUT2D eigenvalue weighted by molar-refractivity contribution is -0.132. The molecule has 0 saturated carbocycles. The lowest BCUT2D eigenvalue weighted by Crippen LogP contribution is -2.29. The molecular formula is C35H38N2O8S. The molecule has 1 amide bonds. The summed E-state index contributed by atoms with van der Waals surface area (Å²) in [6, 6.07) is 9.29. The number of anilines is 1. The van der Waals surface area contributed by atoms with Crippen molar-refractivity contribution in [2.24, 2.45) is 5.92 Å². The number of ether oxygens (including phenoxy) is 4. The van der Waals surface area contributed by atoms with Gasteiger partial charge in [-0.1, -0.05) is 43.9 Å². The van der Waals surface area contributed by atoms with E-state index >= 15 is 0 Å². The van der Waals surface area contributed by atoms with Gasteiger partial charge in [-0.3, -0.25) is 14.5 Å². The molecule has 3 heterocycles. The van der Waals surface area contributed by atoms with Crippen LogP contribution in [0.5, 0.6) is 17.2 Å². The fourth-order valence-electron chi connectivity index (χ4n) is 5.43. The van der Waals surface area contributed by atoms with E-state index in [1.54, 1.807) is 43.3 Å². The van der Waals surface area contributed by atoms with Crippen LogP contribution in [0.4, 0.5) is 5.13 Å². The van der Waals surface area contributed by atoms with Gasteiger partial charge in [0.1, 0.15) is 29.1 Å². The lowest BCUT2D eigenvalue weighted by Gasteiger charge is -2.24. The fourth-order valence-corrected chi connectivity index (χ4v) is 6.42. The SMILES string of the molecule is C=CCOC(=O)c1sc(N2C(=O)C(=O)C(=C(O)c3ccc4c(c3)C[C@@H](C)O4)[C@@H]2c2ccc(OCCC(C)C)c(OCC)c2)nc1C. The van der Waals surface area contributed by atoms with Crippen LogP contribution in [0.25, 0.3) is 5.76 Å². The molecule has 1 fully saturated rings. The van der Waals surface area contributed by atoms with Crippen molar-refractivity contribution >= 4 is 39.9 Å². The van der Waals surface area contributed by atoms with Gasteiger partial charge >= 0.3 is 11.9 Å². The number of fused-ring (bicyclic) bond motifs is 1. The van der Waals surface area contributed by atoms with E-state index in [2.05, 4.69) is 25.4 Å².